The number of benzene rings is 2. The van der Waals surface area contributed by atoms with Crippen LogP contribution in [-0.2, 0) is 9.53 Å². The van der Waals surface area contributed by atoms with Gasteiger partial charge in [-0.1, -0.05) is 53.5 Å². The van der Waals surface area contributed by atoms with Crippen molar-refractivity contribution in [1.29, 1.82) is 0 Å². The van der Waals surface area contributed by atoms with Crippen molar-refractivity contribution in [1.82, 2.24) is 9.78 Å². The van der Waals surface area contributed by atoms with Gasteiger partial charge >= 0.3 is 5.97 Å². The Morgan fingerprint density at radius 3 is 2.48 bits per heavy atom. The van der Waals surface area contributed by atoms with Gasteiger partial charge in [0.2, 0.25) is 5.90 Å². The zero-order valence-corrected chi connectivity index (χ0v) is 15.7. The van der Waals surface area contributed by atoms with Gasteiger partial charge in [0.05, 0.1) is 22.0 Å². The first kappa shape index (κ1) is 17.5. The minimum Gasteiger partial charge on any atom is -0.402 e. The summed E-state index contributed by atoms with van der Waals surface area (Å²) in [4.78, 5) is 16.5. The molecule has 7 heteroatoms. The molecule has 134 valence electrons. The van der Waals surface area contributed by atoms with Crippen LogP contribution in [0.2, 0.25) is 10.2 Å². The second-order valence-corrected chi connectivity index (χ2v) is 6.62. The van der Waals surface area contributed by atoms with Gasteiger partial charge in [0.15, 0.2) is 5.70 Å². The van der Waals surface area contributed by atoms with Gasteiger partial charge in [0.1, 0.15) is 5.15 Å². The van der Waals surface area contributed by atoms with Crippen molar-refractivity contribution in [2.24, 2.45) is 4.99 Å². The highest BCUT2D eigenvalue weighted by Crippen LogP contribution is 2.28. The fourth-order valence-electron chi connectivity index (χ4n) is 2.71. The molecule has 0 bridgehead atoms. The Bertz CT molecular complexity index is 1100. The number of cyclic esters (lactones) is 1. The Labute approximate surface area is 165 Å². The van der Waals surface area contributed by atoms with Gasteiger partial charge in [0.25, 0.3) is 0 Å². The molecule has 5 nitrogen and oxygen atoms in total. The molecule has 1 aromatic heterocycles. The number of carbonyl (C=O) groups is 1. The van der Waals surface area contributed by atoms with Crippen LogP contribution >= 0.6 is 23.2 Å². The van der Waals surface area contributed by atoms with E-state index in [4.69, 9.17) is 27.9 Å². The van der Waals surface area contributed by atoms with E-state index >= 15 is 0 Å². The normalized spacial score (nSPS) is 15.1. The first-order chi connectivity index (χ1) is 13.0. The van der Waals surface area contributed by atoms with Gasteiger partial charge in [0, 0.05) is 5.56 Å². The smallest absolute Gasteiger partial charge is 0.363 e. The first-order valence-corrected chi connectivity index (χ1v) is 8.88. The highest BCUT2D eigenvalue weighted by atomic mass is 35.5. The van der Waals surface area contributed by atoms with Crippen molar-refractivity contribution in [3.8, 4) is 5.69 Å². The fraction of sp³-hybridized carbons (Fsp3) is 0.0500. The van der Waals surface area contributed by atoms with Crippen molar-refractivity contribution in [2.75, 3.05) is 0 Å². The van der Waals surface area contributed by atoms with Crippen LogP contribution < -0.4 is 0 Å². The number of aryl methyl sites for hydroxylation is 1. The van der Waals surface area contributed by atoms with E-state index in [-0.39, 0.29) is 11.6 Å². The average molecular weight is 398 g/mol. The van der Waals surface area contributed by atoms with Crippen molar-refractivity contribution in [3.05, 3.63) is 87.3 Å². The Hall–Kier alpha value is -2.89. The molecule has 0 atom stereocenters. The SMILES string of the molecule is Cc1nn(-c2ccccc2)c(Cl)c1C=C1N=C(c2ccccc2Cl)OC1=O. The van der Waals surface area contributed by atoms with Crippen LogP contribution in [0.3, 0.4) is 0 Å². The third kappa shape index (κ3) is 3.27. The molecule has 0 radical (unpaired) electrons. The largest absolute Gasteiger partial charge is 0.402 e. The molecule has 0 aliphatic carbocycles. The van der Waals surface area contributed by atoms with E-state index in [9.17, 15) is 4.79 Å². The van der Waals surface area contributed by atoms with Crippen LogP contribution in [-0.4, -0.2) is 21.6 Å². The maximum atomic E-state index is 12.3. The number of aliphatic imine (C=N–C) groups is 1. The Kier molecular flexibility index (Phi) is 4.56. The molecule has 1 aliphatic heterocycles. The molecule has 2 aromatic carbocycles. The highest BCUT2D eigenvalue weighted by molar-refractivity contribution is 6.34. The molecule has 2 heterocycles. The molecule has 0 saturated heterocycles. The second-order valence-electron chi connectivity index (χ2n) is 5.85. The van der Waals surface area contributed by atoms with E-state index in [1.54, 1.807) is 35.0 Å². The van der Waals surface area contributed by atoms with E-state index in [0.29, 0.717) is 27.0 Å². The van der Waals surface area contributed by atoms with Crippen molar-refractivity contribution in [2.45, 2.75) is 6.92 Å². The van der Waals surface area contributed by atoms with E-state index in [1.807, 2.05) is 37.3 Å². The van der Waals surface area contributed by atoms with Crippen LogP contribution in [0.1, 0.15) is 16.8 Å². The summed E-state index contributed by atoms with van der Waals surface area (Å²) in [5.74, 6) is -0.395. The second kappa shape index (κ2) is 7.02. The summed E-state index contributed by atoms with van der Waals surface area (Å²) in [6.45, 7) is 1.82. The molecule has 4 rings (SSSR count). The number of para-hydroxylation sites is 1. The van der Waals surface area contributed by atoms with Crippen LogP contribution in [0.15, 0.2) is 65.3 Å². The van der Waals surface area contributed by atoms with Crippen LogP contribution in [0.5, 0.6) is 0 Å². The number of esters is 1. The van der Waals surface area contributed by atoms with Gasteiger partial charge in [-0.2, -0.15) is 5.10 Å². The maximum Gasteiger partial charge on any atom is 0.363 e. The zero-order valence-electron chi connectivity index (χ0n) is 14.2. The van der Waals surface area contributed by atoms with Crippen LogP contribution in [0.25, 0.3) is 11.8 Å². The number of carbonyl (C=O) groups excluding carboxylic acids is 1. The summed E-state index contributed by atoms with van der Waals surface area (Å²) in [6.07, 6.45) is 1.58. The molecule has 0 spiro atoms. The molecule has 1 aliphatic rings. The predicted octanol–water partition coefficient (Wildman–Crippen LogP) is 4.83. The molecule has 3 aromatic rings. The van der Waals surface area contributed by atoms with Gasteiger partial charge in [-0.25, -0.2) is 14.5 Å². The highest BCUT2D eigenvalue weighted by Gasteiger charge is 2.26. The number of rotatable bonds is 3. The van der Waals surface area contributed by atoms with Gasteiger partial charge < -0.3 is 4.74 Å². The first-order valence-electron chi connectivity index (χ1n) is 8.12. The molecule has 0 N–H and O–H groups in total. The Morgan fingerprint density at radius 2 is 1.74 bits per heavy atom. The molecule has 0 saturated carbocycles. The number of ether oxygens (including phenoxy) is 1. The number of halogens is 2. The Balaban J connectivity index is 1.75. The third-order valence-corrected chi connectivity index (χ3v) is 4.75. The molecule has 0 unspecified atom stereocenters. The number of aromatic nitrogens is 2. The summed E-state index contributed by atoms with van der Waals surface area (Å²) in [7, 11) is 0. The topological polar surface area (TPSA) is 56.5 Å². The summed E-state index contributed by atoms with van der Waals surface area (Å²) in [6, 6.07) is 16.5. The van der Waals surface area contributed by atoms with E-state index < -0.39 is 5.97 Å². The molecule has 0 fully saturated rings. The quantitative estimate of drug-likeness (QED) is 0.469. The lowest BCUT2D eigenvalue weighted by Gasteiger charge is -2.01. The predicted molar refractivity (Wildman–Crippen MR) is 105 cm³/mol. The molecule has 27 heavy (non-hydrogen) atoms. The maximum absolute atomic E-state index is 12.3. The zero-order chi connectivity index (χ0) is 19.0. The van der Waals surface area contributed by atoms with Crippen LogP contribution in [0, 0.1) is 6.92 Å². The van der Waals surface area contributed by atoms with Gasteiger partial charge in [-0.15, -0.1) is 0 Å². The van der Waals surface area contributed by atoms with E-state index in [1.165, 1.54) is 0 Å². The lowest BCUT2D eigenvalue weighted by Crippen LogP contribution is -2.05. The van der Waals surface area contributed by atoms with E-state index in [2.05, 4.69) is 10.1 Å². The lowest BCUT2D eigenvalue weighted by molar-refractivity contribution is -0.129. The average Bonchev–Trinajstić information content (AvgIpc) is 3.17. The summed E-state index contributed by atoms with van der Waals surface area (Å²) < 4.78 is 6.89. The number of nitrogens with zero attached hydrogens (tertiary/aromatic N) is 3. The van der Waals surface area contributed by atoms with E-state index in [0.717, 1.165) is 5.69 Å². The van der Waals surface area contributed by atoms with Crippen LogP contribution in [0.4, 0.5) is 0 Å². The minimum absolute atomic E-state index is 0.141. The van der Waals surface area contributed by atoms with Crippen molar-refractivity contribution < 1.29 is 9.53 Å². The van der Waals surface area contributed by atoms with Gasteiger partial charge in [-0.05, 0) is 37.3 Å². The van der Waals surface area contributed by atoms with Crippen molar-refractivity contribution >= 4 is 41.1 Å². The summed E-state index contributed by atoms with van der Waals surface area (Å²) in [5, 5.41) is 5.30. The molecular formula is C20H13Cl2N3O2. The third-order valence-electron chi connectivity index (χ3n) is 4.05. The summed E-state index contributed by atoms with van der Waals surface area (Å²) >= 11 is 12.7. The lowest BCUT2D eigenvalue weighted by atomic mass is 10.2. The summed E-state index contributed by atoms with van der Waals surface area (Å²) in [5.41, 5.74) is 2.80. The van der Waals surface area contributed by atoms with Crippen molar-refractivity contribution in [3.63, 3.8) is 0 Å². The monoisotopic (exact) mass is 397 g/mol. The Morgan fingerprint density at radius 1 is 1.04 bits per heavy atom. The number of hydrogen-bond donors (Lipinski definition) is 0. The fourth-order valence-corrected chi connectivity index (χ4v) is 3.25. The minimum atomic E-state index is -0.562. The van der Waals surface area contributed by atoms with Gasteiger partial charge in [-0.3, -0.25) is 0 Å². The standard InChI is InChI=1S/C20H13Cl2N3O2/c1-12-15(18(22)25(24-12)13-7-3-2-4-8-13)11-17-20(26)27-19(23-17)14-9-5-6-10-16(14)21/h2-11H,1H3. The molecular weight excluding hydrogens is 385 g/mol. The number of hydrogen-bond acceptors (Lipinski definition) is 4. The molecule has 0 amide bonds.